The SMILES string of the molecule is COC(=O)[C@H](C)CC(=O)C[C@@H](C)[C@@H]1C[C@H](O)[C@@]2(C)C3=C(C(=O)C[C@]12C)[C@@]1(C)CC[C@H](O)C(C)(C)[C@@H]1C[C@@H]3O. The summed E-state index contributed by atoms with van der Waals surface area (Å²) in [5.41, 5.74) is -0.940. The van der Waals surface area contributed by atoms with Crippen molar-refractivity contribution in [2.75, 3.05) is 7.11 Å². The van der Waals surface area contributed by atoms with Crippen LogP contribution in [0, 0.1) is 45.3 Å². The fourth-order valence-electron chi connectivity index (χ4n) is 9.59. The Bertz CT molecular complexity index is 1040. The molecule has 7 heteroatoms. The van der Waals surface area contributed by atoms with E-state index in [-0.39, 0.29) is 48.6 Å². The van der Waals surface area contributed by atoms with E-state index < -0.39 is 51.9 Å². The van der Waals surface area contributed by atoms with Crippen molar-refractivity contribution < 1.29 is 34.4 Å². The van der Waals surface area contributed by atoms with Crippen LogP contribution in [0.5, 0.6) is 0 Å². The van der Waals surface area contributed by atoms with Gasteiger partial charge in [0.15, 0.2) is 5.78 Å². The van der Waals surface area contributed by atoms with E-state index in [0.717, 1.165) is 0 Å². The molecule has 0 amide bonds. The summed E-state index contributed by atoms with van der Waals surface area (Å²) >= 11 is 0. The maximum atomic E-state index is 14.1. The molecule has 0 aromatic heterocycles. The molecule has 0 unspecified atom stereocenters. The minimum atomic E-state index is -0.868. The molecule has 0 heterocycles. The molecule has 0 bridgehead atoms. The number of aliphatic hydroxyl groups is 3. The number of hydrogen-bond acceptors (Lipinski definition) is 7. The molecule has 38 heavy (non-hydrogen) atoms. The minimum absolute atomic E-state index is 0.0276. The van der Waals surface area contributed by atoms with Crippen molar-refractivity contribution in [3.63, 3.8) is 0 Å². The zero-order valence-corrected chi connectivity index (χ0v) is 24.5. The summed E-state index contributed by atoms with van der Waals surface area (Å²) in [4.78, 5) is 38.8. The minimum Gasteiger partial charge on any atom is -0.469 e. The first-order chi connectivity index (χ1) is 17.5. The van der Waals surface area contributed by atoms with Crippen LogP contribution in [0.2, 0.25) is 0 Å². The van der Waals surface area contributed by atoms with E-state index in [1.54, 1.807) is 6.92 Å². The summed E-state index contributed by atoms with van der Waals surface area (Å²) in [6.45, 7) is 14.0. The number of rotatable bonds is 6. The Morgan fingerprint density at radius 3 is 2.24 bits per heavy atom. The highest BCUT2D eigenvalue weighted by atomic mass is 16.5. The van der Waals surface area contributed by atoms with Crippen LogP contribution in [-0.4, -0.2) is 58.3 Å². The van der Waals surface area contributed by atoms with E-state index >= 15 is 0 Å². The Balaban J connectivity index is 1.71. The van der Waals surface area contributed by atoms with Gasteiger partial charge in [0.1, 0.15) is 5.78 Å². The van der Waals surface area contributed by atoms with Gasteiger partial charge in [0.2, 0.25) is 0 Å². The van der Waals surface area contributed by atoms with E-state index in [9.17, 15) is 29.7 Å². The van der Waals surface area contributed by atoms with E-state index in [1.807, 2.05) is 27.7 Å². The lowest BCUT2D eigenvalue weighted by atomic mass is 9.42. The van der Waals surface area contributed by atoms with E-state index in [1.165, 1.54) is 7.11 Å². The lowest BCUT2D eigenvalue weighted by Crippen LogP contribution is -2.61. The average molecular weight is 533 g/mol. The van der Waals surface area contributed by atoms with Crippen molar-refractivity contribution in [3.8, 4) is 0 Å². The standard InChI is InChI=1S/C31H48O7/c1-16(11-18(32)12-17(2)27(37)38-8)19-13-24(36)31(7)26-20(33)14-22-28(3,4)23(35)9-10-29(22,5)25(26)21(34)15-30(19,31)6/h16-17,19-20,22-24,33,35-36H,9-15H2,1-8H3/t16-,17-,19+,20+,22+,23+,24+,29+,30-,31+/m1/s1. The Morgan fingerprint density at radius 1 is 1.00 bits per heavy atom. The summed E-state index contributed by atoms with van der Waals surface area (Å²) in [5, 5.41) is 34.2. The van der Waals surface area contributed by atoms with Crippen molar-refractivity contribution in [1.29, 1.82) is 0 Å². The fourth-order valence-corrected chi connectivity index (χ4v) is 9.59. The summed E-state index contributed by atoms with van der Waals surface area (Å²) < 4.78 is 4.76. The highest BCUT2D eigenvalue weighted by Crippen LogP contribution is 2.71. The van der Waals surface area contributed by atoms with Gasteiger partial charge in [0, 0.05) is 30.3 Å². The van der Waals surface area contributed by atoms with E-state index in [2.05, 4.69) is 13.8 Å². The lowest BCUT2D eigenvalue weighted by molar-refractivity contribution is -0.146. The predicted molar refractivity (Wildman–Crippen MR) is 143 cm³/mol. The first-order valence-corrected chi connectivity index (χ1v) is 14.4. The van der Waals surface area contributed by atoms with Gasteiger partial charge in [0.25, 0.3) is 0 Å². The topological polar surface area (TPSA) is 121 Å². The zero-order chi connectivity index (χ0) is 28.6. The fraction of sp³-hybridized carbons (Fsp3) is 0.839. The number of ketones is 2. The van der Waals surface area contributed by atoms with E-state index in [0.29, 0.717) is 36.8 Å². The lowest BCUT2D eigenvalue weighted by Gasteiger charge is -2.62. The monoisotopic (exact) mass is 532 g/mol. The van der Waals surface area contributed by atoms with Crippen LogP contribution in [0.15, 0.2) is 11.1 Å². The second-order valence-corrected chi connectivity index (χ2v) is 14.3. The van der Waals surface area contributed by atoms with Crippen LogP contribution < -0.4 is 0 Å². The van der Waals surface area contributed by atoms with Crippen LogP contribution >= 0.6 is 0 Å². The van der Waals surface area contributed by atoms with Gasteiger partial charge < -0.3 is 20.1 Å². The summed E-state index contributed by atoms with van der Waals surface area (Å²) in [6, 6.07) is 0. The molecule has 214 valence electrons. The number of fused-ring (bicyclic) bond motifs is 4. The zero-order valence-electron chi connectivity index (χ0n) is 24.5. The Hall–Kier alpha value is -1.57. The number of esters is 1. The van der Waals surface area contributed by atoms with Gasteiger partial charge in [-0.05, 0) is 65.3 Å². The highest BCUT2D eigenvalue weighted by Gasteiger charge is 2.70. The first kappa shape index (κ1) is 29.4. The molecule has 7 nitrogen and oxygen atoms in total. The smallest absolute Gasteiger partial charge is 0.308 e. The Morgan fingerprint density at radius 2 is 1.63 bits per heavy atom. The van der Waals surface area contributed by atoms with Gasteiger partial charge in [-0.15, -0.1) is 0 Å². The molecule has 3 N–H and O–H groups in total. The molecule has 4 aliphatic carbocycles. The van der Waals surface area contributed by atoms with E-state index in [4.69, 9.17) is 4.74 Å². The normalized spacial score (nSPS) is 43.6. The number of carbonyl (C=O) groups excluding carboxylic acids is 3. The third kappa shape index (κ3) is 3.97. The molecule has 4 rings (SSSR count). The maximum Gasteiger partial charge on any atom is 0.308 e. The van der Waals surface area contributed by atoms with Crippen molar-refractivity contribution in [3.05, 3.63) is 11.1 Å². The van der Waals surface area contributed by atoms with Crippen LogP contribution in [0.25, 0.3) is 0 Å². The molecule has 0 aromatic rings. The first-order valence-electron chi connectivity index (χ1n) is 14.4. The summed E-state index contributed by atoms with van der Waals surface area (Å²) in [7, 11) is 1.31. The van der Waals surface area contributed by atoms with Gasteiger partial charge in [-0.2, -0.15) is 0 Å². The molecule has 10 atom stereocenters. The van der Waals surface area contributed by atoms with Crippen molar-refractivity contribution in [2.45, 2.75) is 112 Å². The molecule has 0 aromatic carbocycles. The van der Waals surface area contributed by atoms with Crippen LogP contribution in [0.4, 0.5) is 0 Å². The van der Waals surface area contributed by atoms with Crippen LogP contribution in [0.3, 0.4) is 0 Å². The van der Waals surface area contributed by atoms with Crippen LogP contribution in [0.1, 0.15) is 93.4 Å². The second kappa shape index (κ2) is 9.52. The second-order valence-electron chi connectivity index (χ2n) is 14.3. The van der Waals surface area contributed by atoms with Gasteiger partial charge in [0.05, 0.1) is 31.3 Å². The summed E-state index contributed by atoms with van der Waals surface area (Å²) in [5.74, 6) is -1.15. The Kier molecular flexibility index (Phi) is 7.37. The van der Waals surface area contributed by atoms with Crippen molar-refractivity contribution in [1.82, 2.24) is 0 Å². The molecular formula is C31H48O7. The third-order valence-corrected chi connectivity index (χ3v) is 12.0. The average Bonchev–Trinajstić information content (AvgIpc) is 3.03. The molecule has 2 fully saturated rings. The molecular weight excluding hydrogens is 484 g/mol. The quantitative estimate of drug-likeness (QED) is 0.442. The summed E-state index contributed by atoms with van der Waals surface area (Å²) in [6.07, 6.45) is 0.706. The highest BCUT2D eigenvalue weighted by molar-refractivity contribution is 6.00. The van der Waals surface area contributed by atoms with Gasteiger partial charge in [-0.1, -0.05) is 48.5 Å². The molecule has 2 saturated carbocycles. The molecule has 0 spiro atoms. The molecule has 0 radical (unpaired) electrons. The third-order valence-electron chi connectivity index (χ3n) is 12.0. The van der Waals surface area contributed by atoms with Crippen LogP contribution in [-0.2, 0) is 19.1 Å². The maximum absolute atomic E-state index is 14.1. The van der Waals surface area contributed by atoms with Gasteiger partial charge in [-0.25, -0.2) is 0 Å². The predicted octanol–water partition coefficient (Wildman–Crippen LogP) is 4.01. The Labute approximate surface area is 227 Å². The number of methoxy groups -OCH3 is 1. The molecule has 4 aliphatic rings. The number of Topliss-reactive ketones (excluding diaryl/α,β-unsaturated/α-hetero) is 2. The number of ether oxygens (including phenoxy) is 1. The number of aliphatic hydroxyl groups excluding tert-OH is 3. The molecule has 0 saturated heterocycles. The van der Waals surface area contributed by atoms with Gasteiger partial charge in [-0.3, -0.25) is 14.4 Å². The largest absolute Gasteiger partial charge is 0.469 e. The van der Waals surface area contributed by atoms with Crippen molar-refractivity contribution >= 4 is 17.5 Å². The van der Waals surface area contributed by atoms with Gasteiger partial charge >= 0.3 is 5.97 Å². The molecule has 0 aliphatic heterocycles. The number of carbonyl (C=O) groups is 3. The number of allylic oxidation sites excluding steroid dienone is 1. The van der Waals surface area contributed by atoms with Crippen molar-refractivity contribution in [2.24, 2.45) is 45.3 Å². The number of hydrogen-bond donors (Lipinski definition) is 3.